The first-order valence-electron chi connectivity index (χ1n) is 8.26. The van der Waals surface area contributed by atoms with Crippen LogP contribution in [-0.4, -0.2) is 9.97 Å². The highest BCUT2D eigenvalue weighted by Gasteiger charge is 2.09. The first kappa shape index (κ1) is 17.0. The summed E-state index contributed by atoms with van der Waals surface area (Å²) in [6.07, 6.45) is 4.50. The predicted molar refractivity (Wildman–Crippen MR) is 106 cm³/mol. The van der Waals surface area contributed by atoms with Gasteiger partial charge in [0.05, 0.1) is 0 Å². The Morgan fingerprint density at radius 1 is 0.962 bits per heavy atom. The van der Waals surface area contributed by atoms with Gasteiger partial charge >= 0.3 is 0 Å². The molecule has 1 N–H and O–H groups in total. The molecular weight excluding hydrogens is 367 g/mol. The van der Waals surface area contributed by atoms with Gasteiger partial charge < -0.3 is 9.72 Å². The maximum Gasteiger partial charge on any atom is 0.137 e. The summed E-state index contributed by atoms with van der Waals surface area (Å²) in [6.45, 7) is 0.473. The Hall–Kier alpha value is -2.49. The molecule has 0 saturated heterocycles. The van der Waals surface area contributed by atoms with E-state index in [4.69, 9.17) is 27.9 Å². The lowest BCUT2D eigenvalue weighted by Crippen LogP contribution is -1.96. The second kappa shape index (κ2) is 7.40. The van der Waals surface area contributed by atoms with E-state index in [9.17, 15) is 0 Å². The van der Waals surface area contributed by atoms with E-state index in [1.165, 1.54) is 5.56 Å². The van der Waals surface area contributed by atoms with Crippen LogP contribution in [0.3, 0.4) is 0 Å². The minimum absolute atomic E-state index is 0.473. The Morgan fingerprint density at radius 3 is 2.62 bits per heavy atom. The van der Waals surface area contributed by atoms with Gasteiger partial charge in [-0.2, -0.15) is 0 Å². The summed E-state index contributed by atoms with van der Waals surface area (Å²) in [6, 6.07) is 17.4. The van der Waals surface area contributed by atoms with Gasteiger partial charge in [-0.1, -0.05) is 41.4 Å². The summed E-state index contributed by atoms with van der Waals surface area (Å²) in [5.74, 6) is 0.745. The molecule has 0 radical (unpaired) electrons. The number of halogens is 2. The molecule has 0 amide bonds. The molecule has 26 heavy (non-hydrogen) atoms. The van der Waals surface area contributed by atoms with E-state index in [2.05, 4.69) is 16.0 Å². The van der Waals surface area contributed by atoms with Crippen molar-refractivity contribution in [2.24, 2.45) is 0 Å². The lowest BCUT2D eigenvalue weighted by molar-refractivity contribution is 0.306. The number of hydrogen-bond donors (Lipinski definition) is 1. The first-order valence-corrected chi connectivity index (χ1v) is 9.01. The molecular formula is C21H16Cl2N2O. The lowest BCUT2D eigenvalue weighted by atomic mass is 10.0. The largest absolute Gasteiger partial charge is 0.489 e. The molecule has 0 aliphatic carbocycles. The van der Waals surface area contributed by atoms with Crippen molar-refractivity contribution in [1.82, 2.24) is 9.97 Å². The van der Waals surface area contributed by atoms with Gasteiger partial charge in [0.15, 0.2) is 0 Å². The molecule has 0 aliphatic rings. The van der Waals surface area contributed by atoms with Gasteiger partial charge in [-0.3, -0.25) is 0 Å². The second-order valence-corrected chi connectivity index (χ2v) is 6.90. The predicted octanol–water partition coefficient (Wildman–Crippen LogP) is 6.04. The number of pyridine rings is 1. The maximum atomic E-state index is 6.48. The maximum absolute atomic E-state index is 6.48. The van der Waals surface area contributed by atoms with Crippen molar-refractivity contribution >= 4 is 34.2 Å². The number of nitrogens with zero attached hydrogens (tertiary/aromatic N) is 1. The fourth-order valence-electron chi connectivity index (χ4n) is 2.87. The standard InChI is InChI=1S/C21H16Cl2N2O/c22-17-6-3-14(4-7-17)13-26-18-8-5-15(20(23)11-18)10-16-12-25-21-19(16)2-1-9-24-21/h1-9,11-12H,10,13H2,(H,24,25). The van der Waals surface area contributed by atoms with E-state index in [-0.39, 0.29) is 0 Å². The van der Waals surface area contributed by atoms with Crippen LogP contribution in [0.4, 0.5) is 0 Å². The molecule has 0 aliphatic heterocycles. The van der Waals surface area contributed by atoms with E-state index in [1.807, 2.05) is 54.7 Å². The molecule has 0 fully saturated rings. The number of H-pyrrole nitrogens is 1. The van der Waals surface area contributed by atoms with Gasteiger partial charge in [0.25, 0.3) is 0 Å². The SMILES string of the molecule is Clc1ccc(COc2ccc(Cc3c[nH]c4ncccc34)c(Cl)c2)cc1. The third-order valence-electron chi connectivity index (χ3n) is 4.26. The Bertz CT molecular complexity index is 1040. The molecule has 2 heterocycles. The topological polar surface area (TPSA) is 37.9 Å². The molecule has 4 rings (SSSR count). The summed E-state index contributed by atoms with van der Waals surface area (Å²) in [5, 5.41) is 2.53. The quantitative estimate of drug-likeness (QED) is 0.456. The highest BCUT2D eigenvalue weighted by Crippen LogP contribution is 2.27. The molecule has 0 spiro atoms. The van der Waals surface area contributed by atoms with E-state index in [0.29, 0.717) is 16.7 Å². The van der Waals surface area contributed by atoms with Crippen LogP contribution in [0.25, 0.3) is 11.0 Å². The summed E-state index contributed by atoms with van der Waals surface area (Å²) >= 11 is 12.4. The van der Waals surface area contributed by atoms with Gasteiger partial charge in [0.2, 0.25) is 0 Å². The fraction of sp³-hybridized carbons (Fsp3) is 0.0952. The zero-order valence-corrected chi connectivity index (χ0v) is 15.4. The average molecular weight is 383 g/mol. The Labute approximate surface area is 161 Å². The minimum atomic E-state index is 0.473. The van der Waals surface area contributed by atoms with Crippen molar-refractivity contribution < 1.29 is 4.74 Å². The first-order chi connectivity index (χ1) is 12.7. The van der Waals surface area contributed by atoms with Crippen molar-refractivity contribution in [1.29, 1.82) is 0 Å². The number of hydrogen-bond acceptors (Lipinski definition) is 2. The Balaban J connectivity index is 1.48. The third-order valence-corrected chi connectivity index (χ3v) is 4.86. The van der Waals surface area contributed by atoms with Crippen molar-refractivity contribution in [2.75, 3.05) is 0 Å². The van der Waals surface area contributed by atoms with E-state index >= 15 is 0 Å². The third kappa shape index (κ3) is 3.69. The number of rotatable bonds is 5. The monoisotopic (exact) mass is 382 g/mol. The van der Waals surface area contributed by atoms with Gasteiger partial charge in [0, 0.05) is 34.2 Å². The van der Waals surface area contributed by atoms with Crippen molar-refractivity contribution in [3.05, 3.63) is 93.7 Å². The molecule has 2 aromatic heterocycles. The smallest absolute Gasteiger partial charge is 0.137 e. The van der Waals surface area contributed by atoms with Crippen LogP contribution in [0.15, 0.2) is 67.0 Å². The van der Waals surface area contributed by atoms with Crippen LogP contribution in [0.2, 0.25) is 10.0 Å². The summed E-state index contributed by atoms with van der Waals surface area (Å²) in [5.41, 5.74) is 4.17. The zero-order chi connectivity index (χ0) is 17.9. The van der Waals surface area contributed by atoms with Crippen LogP contribution in [0.5, 0.6) is 5.75 Å². The lowest BCUT2D eigenvalue weighted by Gasteiger charge is -2.09. The Morgan fingerprint density at radius 2 is 1.81 bits per heavy atom. The second-order valence-electron chi connectivity index (χ2n) is 6.06. The molecule has 0 bridgehead atoms. The van der Waals surface area contributed by atoms with Crippen molar-refractivity contribution in [3.63, 3.8) is 0 Å². The number of ether oxygens (including phenoxy) is 1. The van der Waals surface area contributed by atoms with Crippen LogP contribution >= 0.6 is 23.2 Å². The summed E-state index contributed by atoms with van der Waals surface area (Å²) in [7, 11) is 0. The van der Waals surface area contributed by atoms with E-state index in [1.54, 1.807) is 6.20 Å². The summed E-state index contributed by atoms with van der Waals surface area (Å²) in [4.78, 5) is 7.52. The van der Waals surface area contributed by atoms with E-state index < -0.39 is 0 Å². The number of aromatic amines is 1. The van der Waals surface area contributed by atoms with Crippen LogP contribution in [0, 0.1) is 0 Å². The highest BCUT2D eigenvalue weighted by atomic mass is 35.5. The number of benzene rings is 2. The molecule has 0 unspecified atom stereocenters. The van der Waals surface area contributed by atoms with Crippen molar-refractivity contribution in [2.45, 2.75) is 13.0 Å². The number of aromatic nitrogens is 2. The molecule has 3 nitrogen and oxygen atoms in total. The average Bonchev–Trinajstić information content (AvgIpc) is 3.06. The highest BCUT2D eigenvalue weighted by molar-refractivity contribution is 6.31. The molecule has 130 valence electrons. The molecule has 0 saturated carbocycles. The Kier molecular flexibility index (Phi) is 4.83. The van der Waals surface area contributed by atoms with Gasteiger partial charge in [-0.25, -0.2) is 4.98 Å². The van der Waals surface area contributed by atoms with Crippen molar-refractivity contribution in [3.8, 4) is 5.75 Å². The molecule has 2 aromatic carbocycles. The van der Waals surface area contributed by atoms with Gasteiger partial charge in [-0.05, 0) is 53.1 Å². The van der Waals surface area contributed by atoms with E-state index in [0.717, 1.165) is 34.3 Å². The van der Waals surface area contributed by atoms with Crippen LogP contribution in [0.1, 0.15) is 16.7 Å². The normalized spacial score (nSPS) is 11.0. The number of nitrogens with one attached hydrogen (secondary N) is 1. The van der Waals surface area contributed by atoms with Crippen LogP contribution < -0.4 is 4.74 Å². The molecule has 4 aromatic rings. The zero-order valence-electron chi connectivity index (χ0n) is 13.9. The minimum Gasteiger partial charge on any atom is -0.489 e. The summed E-state index contributed by atoms with van der Waals surface area (Å²) < 4.78 is 5.83. The van der Waals surface area contributed by atoms with Gasteiger partial charge in [0.1, 0.15) is 18.0 Å². The number of fused-ring (bicyclic) bond motifs is 1. The van der Waals surface area contributed by atoms with Crippen LogP contribution in [-0.2, 0) is 13.0 Å². The van der Waals surface area contributed by atoms with Gasteiger partial charge in [-0.15, -0.1) is 0 Å². The fourth-order valence-corrected chi connectivity index (χ4v) is 3.24. The molecule has 5 heteroatoms. The molecule has 0 atom stereocenters.